The van der Waals surface area contributed by atoms with Gasteiger partial charge in [0.15, 0.2) is 0 Å². The molecule has 0 fully saturated rings. The summed E-state index contributed by atoms with van der Waals surface area (Å²) in [6, 6.07) is 8.59. The van der Waals surface area contributed by atoms with Gasteiger partial charge in [0.25, 0.3) is 0 Å². The molecule has 0 amide bonds. The van der Waals surface area contributed by atoms with E-state index in [0.29, 0.717) is 5.92 Å². The van der Waals surface area contributed by atoms with Crippen LogP contribution in [0.1, 0.15) is 29.1 Å². The molecule has 1 unspecified atom stereocenters. The summed E-state index contributed by atoms with van der Waals surface area (Å²) >= 11 is 1.79. The second-order valence-corrected chi connectivity index (χ2v) is 6.60. The second kappa shape index (κ2) is 6.37. The Kier molecular flexibility index (Phi) is 4.78. The number of hydrogen-bond donors (Lipinski definition) is 1. The van der Waals surface area contributed by atoms with E-state index < -0.39 is 0 Å². The summed E-state index contributed by atoms with van der Waals surface area (Å²) in [4.78, 5) is 8.18. The Labute approximate surface area is 125 Å². The number of benzene rings is 1. The van der Waals surface area contributed by atoms with Crippen molar-refractivity contribution in [3.05, 3.63) is 34.2 Å². The summed E-state index contributed by atoms with van der Waals surface area (Å²) < 4.78 is 0. The van der Waals surface area contributed by atoms with Crippen LogP contribution in [0, 0.1) is 6.92 Å². The van der Waals surface area contributed by atoms with E-state index in [1.165, 1.54) is 16.1 Å². The molecule has 3 nitrogen and oxygen atoms in total. The number of rotatable bonds is 5. The number of thiazole rings is 1. The molecular weight excluding hydrogens is 266 g/mol. The predicted molar refractivity (Wildman–Crippen MR) is 88.7 cm³/mol. The van der Waals surface area contributed by atoms with Crippen LogP contribution in [0.5, 0.6) is 0 Å². The van der Waals surface area contributed by atoms with Crippen LogP contribution in [0.15, 0.2) is 24.3 Å². The number of aromatic nitrogens is 1. The Bertz CT molecular complexity index is 558. The lowest BCUT2D eigenvalue weighted by atomic mass is 10.0. The molecule has 0 saturated carbocycles. The maximum atomic E-state index is 5.69. The van der Waals surface area contributed by atoms with Gasteiger partial charge in [0.05, 0.1) is 10.7 Å². The van der Waals surface area contributed by atoms with Crippen molar-refractivity contribution in [3.63, 3.8) is 0 Å². The molecular formula is C16H23N3S. The van der Waals surface area contributed by atoms with Gasteiger partial charge in [0, 0.05) is 30.2 Å². The van der Waals surface area contributed by atoms with Gasteiger partial charge in [-0.3, -0.25) is 0 Å². The normalized spacial score (nSPS) is 12.4. The van der Waals surface area contributed by atoms with Gasteiger partial charge in [0.1, 0.15) is 0 Å². The van der Waals surface area contributed by atoms with Gasteiger partial charge >= 0.3 is 0 Å². The zero-order valence-corrected chi connectivity index (χ0v) is 13.5. The van der Waals surface area contributed by atoms with Crippen molar-refractivity contribution in [3.8, 4) is 11.3 Å². The van der Waals surface area contributed by atoms with Gasteiger partial charge in [-0.1, -0.05) is 19.1 Å². The van der Waals surface area contributed by atoms with E-state index in [9.17, 15) is 0 Å². The average molecular weight is 289 g/mol. The van der Waals surface area contributed by atoms with Crippen molar-refractivity contribution in [2.45, 2.75) is 26.2 Å². The summed E-state index contributed by atoms with van der Waals surface area (Å²) in [6.45, 7) is 5.02. The quantitative estimate of drug-likeness (QED) is 0.914. The number of nitrogens with two attached hydrogens (primary N) is 1. The summed E-state index contributed by atoms with van der Waals surface area (Å²) in [5.41, 5.74) is 9.22. The molecule has 2 rings (SSSR count). The van der Waals surface area contributed by atoms with Crippen LogP contribution in [0.25, 0.3) is 11.3 Å². The first-order chi connectivity index (χ1) is 9.52. The number of nitrogens with zero attached hydrogens (tertiary/aromatic N) is 2. The Morgan fingerprint density at radius 1 is 1.25 bits per heavy atom. The van der Waals surface area contributed by atoms with E-state index in [1.54, 1.807) is 11.3 Å². The van der Waals surface area contributed by atoms with Crippen molar-refractivity contribution in [1.29, 1.82) is 0 Å². The van der Waals surface area contributed by atoms with E-state index in [4.69, 9.17) is 10.7 Å². The van der Waals surface area contributed by atoms with Crippen molar-refractivity contribution in [2.75, 3.05) is 25.5 Å². The van der Waals surface area contributed by atoms with Crippen LogP contribution in [-0.2, 0) is 0 Å². The minimum absolute atomic E-state index is 0.467. The lowest BCUT2D eigenvalue weighted by Crippen LogP contribution is -2.08. The van der Waals surface area contributed by atoms with Crippen LogP contribution >= 0.6 is 11.3 Å². The fourth-order valence-corrected chi connectivity index (χ4v) is 3.32. The highest BCUT2D eigenvalue weighted by Crippen LogP contribution is 2.35. The molecule has 108 valence electrons. The lowest BCUT2D eigenvalue weighted by molar-refractivity contribution is 0.701. The largest absolute Gasteiger partial charge is 0.378 e. The summed E-state index contributed by atoms with van der Waals surface area (Å²) in [5, 5.41) is 1.12. The van der Waals surface area contributed by atoms with E-state index in [1.807, 2.05) is 0 Å². The second-order valence-electron chi connectivity index (χ2n) is 5.37. The Hall–Kier alpha value is -1.39. The van der Waals surface area contributed by atoms with E-state index in [-0.39, 0.29) is 0 Å². The molecule has 20 heavy (non-hydrogen) atoms. The maximum Gasteiger partial charge on any atom is 0.0904 e. The van der Waals surface area contributed by atoms with Gasteiger partial charge in [0.2, 0.25) is 0 Å². The van der Waals surface area contributed by atoms with Gasteiger partial charge in [-0.05, 0) is 37.9 Å². The highest BCUT2D eigenvalue weighted by molar-refractivity contribution is 7.12. The molecule has 0 spiro atoms. The van der Waals surface area contributed by atoms with Gasteiger partial charge < -0.3 is 10.6 Å². The Balaban J connectivity index is 2.36. The van der Waals surface area contributed by atoms with Crippen LogP contribution in [0.3, 0.4) is 0 Å². The first kappa shape index (κ1) is 15.0. The molecule has 2 aromatic rings. The SMILES string of the molecule is Cc1nc(-c2ccc(N(C)C)cc2)c(C(C)CCN)s1. The topological polar surface area (TPSA) is 42.2 Å². The van der Waals surface area contributed by atoms with Crippen molar-refractivity contribution in [1.82, 2.24) is 4.98 Å². The Morgan fingerprint density at radius 2 is 1.90 bits per heavy atom. The maximum absolute atomic E-state index is 5.69. The fourth-order valence-electron chi connectivity index (χ4n) is 2.28. The average Bonchev–Trinajstić information content (AvgIpc) is 2.81. The highest BCUT2D eigenvalue weighted by Gasteiger charge is 2.16. The van der Waals surface area contributed by atoms with Crippen LogP contribution in [0.2, 0.25) is 0 Å². The molecule has 4 heteroatoms. The molecule has 0 saturated heterocycles. The molecule has 1 atom stereocenters. The summed E-state index contributed by atoms with van der Waals surface area (Å²) in [7, 11) is 4.10. The fraction of sp³-hybridized carbons (Fsp3) is 0.438. The molecule has 0 radical (unpaired) electrons. The summed E-state index contributed by atoms with van der Waals surface area (Å²) in [5.74, 6) is 0.467. The van der Waals surface area contributed by atoms with Crippen LogP contribution in [0.4, 0.5) is 5.69 Å². The smallest absolute Gasteiger partial charge is 0.0904 e. The molecule has 0 aliphatic rings. The number of hydrogen-bond acceptors (Lipinski definition) is 4. The van der Waals surface area contributed by atoms with E-state index in [0.717, 1.165) is 23.7 Å². The summed E-state index contributed by atoms with van der Waals surface area (Å²) in [6.07, 6.45) is 1.00. The van der Waals surface area contributed by atoms with E-state index in [2.05, 4.69) is 57.1 Å². The molecule has 1 aromatic heterocycles. The first-order valence-corrected chi connectivity index (χ1v) is 7.79. The van der Waals surface area contributed by atoms with Gasteiger partial charge in [-0.2, -0.15) is 0 Å². The van der Waals surface area contributed by atoms with Crippen molar-refractivity contribution >= 4 is 17.0 Å². The predicted octanol–water partition coefficient (Wildman–Crippen LogP) is 3.64. The minimum atomic E-state index is 0.467. The monoisotopic (exact) mass is 289 g/mol. The molecule has 0 aliphatic heterocycles. The highest BCUT2D eigenvalue weighted by atomic mass is 32.1. The zero-order valence-electron chi connectivity index (χ0n) is 12.7. The molecule has 0 aliphatic carbocycles. The Morgan fingerprint density at radius 3 is 2.45 bits per heavy atom. The molecule has 1 heterocycles. The van der Waals surface area contributed by atoms with Crippen molar-refractivity contribution < 1.29 is 0 Å². The van der Waals surface area contributed by atoms with Gasteiger partial charge in [-0.15, -0.1) is 11.3 Å². The third-order valence-electron chi connectivity index (χ3n) is 3.46. The third-order valence-corrected chi connectivity index (χ3v) is 4.67. The van der Waals surface area contributed by atoms with E-state index >= 15 is 0 Å². The van der Waals surface area contributed by atoms with Gasteiger partial charge in [-0.25, -0.2) is 4.98 Å². The molecule has 1 aromatic carbocycles. The third kappa shape index (κ3) is 3.19. The minimum Gasteiger partial charge on any atom is -0.378 e. The number of anilines is 1. The standard InChI is InChI=1S/C16H23N3S/c1-11(9-10-17)16-15(18-12(2)20-16)13-5-7-14(8-6-13)19(3)4/h5-8,11H,9-10,17H2,1-4H3. The van der Waals surface area contributed by atoms with Crippen molar-refractivity contribution in [2.24, 2.45) is 5.73 Å². The molecule has 2 N–H and O–H groups in total. The van der Waals surface area contributed by atoms with Crippen LogP contribution in [-0.4, -0.2) is 25.6 Å². The lowest BCUT2D eigenvalue weighted by Gasteiger charge is -2.13. The zero-order chi connectivity index (χ0) is 14.7. The first-order valence-electron chi connectivity index (χ1n) is 6.98. The molecule has 0 bridgehead atoms. The number of aryl methyl sites for hydroxylation is 1. The van der Waals surface area contributed by atoms with Crippen LogP contribution < -0.4 is 10.6 Å².